The summed E-state index contributed by atoms with van der Waals surface area (Å²) in [5.74, 6) is 2.42. The lowest BCUT2D eigenvalue weighted by atomic mass is 9.88. The highest BCUT2D eigenvalue weighted by Gasteiger charge is 2.34. The van der Waals surface area contributed by atoms with E-state index in [0.29, 0.717) is 17.9 Å². The largest absolute Gasteiger partial charge is 0.493 e. The minimum atomic E-state index is 0.636. The molecule has 1 aromatic rings. The molecule has 0 bridgehead atoms. The van der Waals surface area contributed by atoms with Crippen molar-refractivity contribution in [3.63, 3.8) is 0 Å². The van der Waals surface area contributed by atoms with Crippen LogP contribution in [-0.2, 0) is 0 Å². The van der Waals surface area contributed by atoms with Crippen LogP contribution in [0.1, 0.15) is 57.9 Å². The highest BCUT2D eigenvalue weighted by Crippen LogP contribution is 2.42. The van der Waals surface area contributed by atoms with E-state index in [2.05, 4.69) is 50.4 Å². The smallest absolute Gasteiger partial charge is 0.122 e. The number of benzene rings is 1. The summed E-state index contributed by atoms with van der Waals surface area (Å²) in [7, 11) is 0. The average molecular weight is 275 g/mol. The SMILES string of the molecule is CCCNC1CCC(c2ccccc2OCCC)C1C. The monoisotopic (exact) mass is 275 g/mol. The van der Waals surface area contributed by atoms with Gasteiger partial charge in [-0.3, -0.25) is 0 Å². The predicted octanol–water partition coefficient (Wildman–Crippen LogP) is 4.36. The molecular weight excluding hydrogens is 246 g/mol. The van der Waals surface area contributed by atoms with Crippen LogP contribution in [0, 0.1) is 5.92 Å². The van der Waals surface area contributed by atoms with Crippen LogP contribution in [-0.4, -0.2) is 19.2 Å². The van der Waals surface area contributed by atoms with E-state index in [1.807, 2.05) is 0 Å². The molecule has 3 unspecified atom stereocenters. The van der Waals surface area contributed by atoms with Crippen molar-refractivity contribution in [2.75, 3.05) is 13.2 Å². The summed E-state index contributed by atoms with van der Waals surface area (Å²) in [5, 5.41) is 3.70. The Balaban J connectivity index is 2.08. The first-order valence-electron chi connectivity index (χ1n) is 8.23. The predicted molar refractivity (Wildman–Crippen MR) is 85.4 cm³/mol. The van der Waals surface area contributed by atoms with E-state index < -0.39 is 0 Å². The van der Waals surface area contributed by atoms with Gasteiger partial charge in [0.05, 0.1) is 6.61 Å². The van der Waals surface area contributed by atoms with E-state index in [-0.39, 0.29) is 0 Å². The van der Waals surface area contributed by atoms with Gasteiger partial charge in [-0.2, -0.15) is 0 Å². The molecule has 0 amide bonds. The fraction of sp³-hybridized carbons (Fsp3) is 0.667. The third kappa shape index (κ3) is 3.54. The summed E-state index contributed by atoms with van der Waals surface area (Å²) in [4.78, 5) is 0. The molecule has 1 N–H and O–H groups in total. The van der Waals surface area contributed by atoms with Crippen molar-refractivity contribution >= 4 is 0 Å². The number of nitrogens with one attached hydrogen (secondary N) is 1. The van der Waals surface area contributed by atoms with Gasteiger partial charge in [0.2, 0.25) is 0 Å². The maximum atomic E-state index is 5.94. The molecule has 0 spiro atoms. The zero-order valence-corrected chi connectivity index (χ0v) is 13.2. The van der Waals surface area contributed by atoms with E-state index in [4.69, 9.17) is 4.74 Å². The summed E-state index contributed by atoms with van der Waals surface area (Å²) < 4.78 is 5.94. The normalized spacial score (nSPS) is 25.9. The van der Waals surface area contributed by atoms with Gasteiger partial charge in [-0.05, 0) is 55.7 Å². The van der Waals surface area contributed by atoms with Crippen molar-refractivity contribution < 1.29 is 4.74 Å². The Morgan fingerprint density at radius 2 is 1.95 bits per heavy atom. The highest BCUT2D eigenvalue weighted by molar-refractivity contribution is 5.37. The fourth-order valence-electron chi connectivity index (χ4n) is 3.35. The number of rotatable bonds is 7. The second kappa shape index (κ2) is 7.68. The van der Waals surface area contributed by atoms with E-state index >= 15 is 0 Å². The first kappa shape index (κ1) is 15.4. The van der Waals surface area contributed by atoms with Crippen molar-refractivity contribution in [1.29, 1.82) is 0 Å². The molecule has 1 saturated carbocycles. The first-order valence-corrected chi connectivity index (χ1v) is 8.23. The summed E-state index contributed by atoms with van der Waals surface area (Å²) in [6, 6.07) is 9.28. The Morgan fingerprint density at radius 3 is 2.70 bits per heavy atom. The van der Waals surface area contributed by atoms with Crippen LogP contribution in [0.3, 0.4) is 0 Å². The van der Waals surface area contributed by atoms with Gasteiger partial charge < -0.3 is 10.1 Å². The molecule has 0 aromatic heterocycles. The van der Waals surface area contributed by atoms with Crippen LogP contribution in [0.5, 0.6) is 5.75 Å². The minimum Gasteiger partial charge on any atom is -0.493 e. The van der Waals surface area contributed by atoms with Crippen LogP contribution < -0.4 is 10.1 Å². The topological polar surface area (TPSA) is 21.3 Å². The Kier molecular flexibility index (Phi) is 5.90. The van der Waals surface area contributed by atoms with Crippen LogP contribution in [0.15, 0.2) is 24.3 Å². The molecule has 0 aliphatic heterocycles. The van der Waals surface area contributed by atoms with E-state index in [1.54, 1.807) is 0 Å². The lowest BCUT2D eigenvalue weighted by molar-refractivity contribution is 0.308. The van der Waals surface area contributed by atoms with Crippen molar-refractivity contribution in [2.45, 2.75) is 58.4 Å². The summed E-state index contributed by atoms with van der Waals surface area (Å²) >= 11 is 0. The first-order chi connectivity index (χ1) is 9.77. The van der Waals surface area contributed by atoms with Crippen LogP contribution in [0.25, 0.3) is 0 Å². The second-order valence-corrected chi connectivity index (χ2v) is 5.99. The van der Waals surface area contributed by atoms with Crippen molar-refractivity contribution in [3.8, 4) is 5.75 Å². The maximum Gasteiger partial charge on any atom is 0.122 e. The molecule has 0 radical (unpaired) electrons. The van der Waals surface area contributed by atoms with Crippen molar-refractivity contribution in [3.05, 3.63) is 29.8 Å². The minimum absolute atomic E-state index is 0.636. The number of hydrogen-bond donors (Lipinski definition) is 1. The molecule has 3 atom stereocenters. The standard InChI is InChI=1S/C18H29NO/c1-4-12-19-17-11-10-15(14(17)3)16-8-6-7-9-18(16)20-13-5-2/h6-9,14-15,17,19H,4-5,10-13H2,1-3H3. The van der Waals surface area contributed by atoms with Crippen molar-refractivity contribution in [2.24, 2.45) is 5.92 Å². The zero-order valence-electron chi connectivity index (χ0n) is 13.2. The quantitative estimate of drug-likeness (QED) is 0.798. The molecule has 2 heteroatoms. The fourth-order valence-corrected chi connectivity index (χ4v) is 3.35. The average Bonchev–Trinajstić information content (AvgIpc) is 2.84. The molecule has 20 heavy (non-hydrogen) atoms. The Morgan fingerprint density at radius 1 is 1.15 bits per heavy atom. The number of hydrogen-bond acceptors (Lipinski definition) is 2. The molecule has 0 saturated heterocycles. The summed E-state index contributed by atoms with van der Waals surface area (Å²) in [6.07, 6.45) is 4.84. The van der Waals surface area contributed by atoms with Crippen LogP contribution >= 0.6 is 0 Å². The molecule has 2 nitrogen and oxygen atoms in total. The van der Waals surface area contributed by atoms with Gasteiger partial charge in [-0.1, -0.05) is 39.0 Å². The Bertz CT molecular complexity index is 404. The van der Waals surface area contributed by atoms with Crippen LogP contribution in [0.4, 0.5) is 0 Å². The molecule has 0 heterocycles. The molecule has 2 rings (SSSR count). The molecule has 1 fully saturated rings. The molecule has 1 aromatic carbocycles. The number of ether oxygens (including phenoxy) is 1. The van der Waals surface area contributed by atoms with E-state index in [1.165, 1.54) is 24.8 Å². The van der Waals surface area contributed by atoms with Gasteiger partial charge in [0.15, 0.2) is 0 Å². The molecule has 1 aliphatic carbocycles. The van der Waals surface area contributed by atoms with Gasteiger partial charge in [0, 0.05) is 6.04 Å². The third-order valence-corrected chi connectivity index (χ3v) is 4.49. The van der Waals surface area contributed by atoms with E-state index in [0.717, 1.165) is 25.3 Å². The third-order valence-electron chi connectivity index (χ3n) is 4.49. The highest BCUT2D eigenvalue weighted by atomic mass is 16.5. The second-order valence-electron chi connectivity index (χ2n) is 5.99. The zero-order chi connectivity index (χ0) is 14.4. The van der Waals surface area contributed by atoms with Crippen LogP contribution in [0.2, 0.25) is 0 Å². The van der Waals surface area contributed by atoms with Gasteiger partial charge in [-0.15, -0.1) is 0 Å². The molecule has 1 aliphatic rings. The maximum absolute atomic E-state index is 5.94. The van der Waals surface area contributed by atoms with Gasteiger partial charge in [-0.25, -0.2) is 0 Å². The molecule has 112 valence electrons. The lowest BCUT2D eigenvalue weighted by Crippen LogP contribution is -2.32. The van der Waals surface area contributed by atoms with Gasteiger partial charge in [0.1, 0.15) is 5.75 Å². The Hall–Kier alpha value is -1.02. The van der Waals surface area contributed by atoms with Crippen molar-refractivity contribution in [1.82, 2.24) is 5.32 Å². The van der Waals surface area contributed by atoms with Gasteiger partial charge >= 0.3 is 0 Å². The van der Waals surface area contributed by atoms with E-state index in [9.17, 15) is 0 Å². The summed E-state index contributed by atoms with van der Waals surface area (Å²) in [6.45, 7) is 8.73. The summed E-state index contributed by atoms with van der Waals surface area (Å²) in [5.41, 5.74) is 1.41. The molecular formula is C18H29NO. The van der Waals surface area contributed by atoms with Gasteiger partial charge in [0.25, 0.3) is 0 Å². The Labute approximate surface area is 123 Å². The lowest BCUT2D eigenvalue weighted by Gasteiger charge is -2.23. The number of para-hydroxylation sites is 1.